The molecule has 1 aromatic carbocycles. The van der Waals surface area contributed by atoms with Crippen molar-refractivity contribution in [2.75, 3.05) is 19.7 Å². The van der Waals surface area contributed by atoms with Gasteiger partial charge in [-0.15, -0.1) is 0 Å². The zero-order valence-corrected chi connectivity index (χ0v) is 17.7. The molecule has 1 aliphatic heterocycles. The van der Waals surface area contributed by atoms with Crippen LogP contribution < -0.4 is 5.32 Å². The average molecular weight is 423 g/mol. The summed E-state index contributed by atoms with van der Waals surface area (Å²) in [5.74, 6) is -0.750. The van der Waals surface area contributed by atoms with Gasteiger partial charge in [-0.25, -0.2) is 13.2 Å². The number of hydrogen-bond donors (Lipinski definition) is 1. The van der Waals surface area contributed by atoms with Gasteiger partial charge in [0.2, 0.25) is 10.0 Å². The fraction of sp³-hybridized carbons (Fsp3) is 0.619. The minimum Gasteiger partial charge on any atom is -0.452 e. The van der Waals surface area contributed by atoms with Crippen LogP contribution in [0.1, 0.15) is 62.2 Å². The Kier molecular flexibility index (Phi) is 7.29. The van der Waals surface area contributed by atoms with E-state index in [0.717, 1.165) is 38.5 Å². The topological polar surface area (TPSA) is 92.8 Å². The lowest BCUT2D eigenvalue weighted by Crippen LogP contribution is -2.43. The molecule has 160 valence electrons. The molecule has 1 saturated carbocycles. The van der Waals surface area contributed by atoms with Gasteiger partial charge in [0, 0.05) is 19.1 Å². The van der Waals surface area contributed by atoms with Crippen LogP contribution in [-0.4, -0.2) is 50.3 Å². The Morgan fingerprint density at radius 3 is 2.48 bits per heavy atom. The number of carbonyl (C=O) groups excluding carboxylic acids is 2. The first-order chi connectivity index (χ1) is 13.9. The molecule has 29 heavy (non-hydrogen) atoms. The van der Waals surface area contributed by atoms with Crippen molar-refractivity contribution in [3.05, 3.63) is 29.8 Å². The second kappa shape index (κ2) is 9.71. The van der Waals surface area contributed by atoms with E-state index in [9.17, 15) is 18.0 Å². The first-order valence-electron chi connectivity index (χ1n) is 10.5. The summed E-state index contributed by atoms with van der Waals surface area (Å²) in [6, 6.07) is 6.13. The van der Waals surface area contributed by atoms with Crippen molar-refractivity contribution in [3.8, 4) is 0 Å². The van der Waals surface area contributed by atoms with Crippen LogP contribution in [0.5, 0.6) is 0 Å². The molecule has 7 nitrogen and oxygen atoms in total. The number of amides is 1. The zero-order valence-electron chi connectivity index (χ0n) is 16.9. The number of nitrogens with one attached hydrogen (secondary N) is 1. The van der Waals surface area contributed by atoms with Crippen molar-refractivity contribution in [1.82, 2.24) is 9.62 Å². The van der Waals surface area contributed by atoms with E-state index in [2.05, 4.69) is 12.2 Å². The molecule has 1 heterocycles. The van der Waals surface area contributed by atoms with Gasteiger partial charge >= 0.3 is 5.97 Å². The number of carbonyl (C=O) groups is 2. The quantitative estimate of drug-likeness (QED) is 0.712. The van der Waals surface area contributed by atoms with E-state index in [-0.39, 0.29) is 22.4 Å². The Morgan fingerprint density at radius 2 is 1.76 bits per heavy atom. The van der Waals surface area contributed by atoms with Gasteiger partial charge in [0.25, 0.3) is 5.91 Å². The third-order valence-corrected chi connectivity index (χ3v) is 7.79. The Morgan fingerprint density at radius 1 is 1.07 bits per heavy atom. The number of hydrogen-bond acceptors (Lipinski definition) is 5. The highest BCUT2D eigenvalue weighted by atomic mass is 32.2. The molecule has 3 rings (SSSR count). The summed E-state index contributed by atoms with van der Waals surface area (Å²) in [4.78, 5) is 24.7. The number of esters is 1. The third kappa shape index (κ3) is 5.36. The van der Waals surface area contributed by atoms with Crippen molar-refractivity contribution in [1.29, 1.82) is 0 Å². The number of piperidine rings is 1. The molecule has 1 amide bonds. The van der Waals surface area contributed by atoms with Crippen LogP contribution in [0.2, 0.25) is 0 Å². The standard InChI is InChI=1S/C21H30N2O5S/c1-16-9-3-5-11-18(16)22-20(24)15-28-21(25)17-10-4-6-12-19(17)29(26,27)23-13-7-2-8-14-23/h4,6,10,12,16,18H,2-3,5,7-9,11,13-15H2,1H3,(H,22,24)/t16-,18+/m0/s1. The lowest BCUT2D eigenvalue weighted by atomic mass is 9.86. The van der Waals surface area contributed by atoms with E-state index in [1.165, 1.54) is 22.9 Å². The van der Waals surface area contributed by atoms with Gasteiger partial charge in [0.05, 0.1) is 10.5 Å². The van der Waals surface area contributed by atoms with E-state index in [4.69, 9.17) is 4.74 Å². The summed E-state index contributed by atoms with van der Waals surface area (Å²) in [5, 5.41) is 2.93. The second-order valence-electron chi connectivity index (χ2n) is 7.97. The van der Waals surface area contributed by atoms with Crippen LogP contribution in [0, 0.1) is 5.92 Å². The molecular formula is C21H30N2O5S. The van der Waals surface area contributed by atoms with Gasteiger partial charge in [-0.2, -0.15) is 4.31 Å². The smallest absolute Gasteiger partial charge is 0.340 e. The lowest BCUT2D eigenvalue weighted by molar-refractivity contribution is -0.125. The summed E-state index contributed by atoms with van der Waals surface area (Å²) in [5.41, 5.74) is -0.0306. The van der Waals surface area contributed by atoms with Crippen molar-refractivity contribution < 1.29 is 22.7 Å². The van der Waals surface area contributed by atoms with Crippen LogP contribution in [-0.2, 0) is 19.6 Å². The molecule has 0 unspecified atom stereocenters. The molecule has 0 bridgehead atoms. The van der Waals surface area contributed by atoms with Crippen molar-refractivity contribution in [3.63, 3.8) is 0 Å². The fourth-order valence-corrected chi connectivity index (χ4v) is 5.79. The average Bonchev–Trinajstić information content (AvgIpc) is 2.74. The fourth-order valence-electron chi connectivity index (χ4n) is 4.09. The molecule has 2 aliphatic rings. The molecule has 1 saturated heterocycles. The van der Waals surface area contributed by atoms with Gasteiger partial charge in [-0.05, 0) is 43.7 Å². The molecule has 1 aromatic rings. The summed E-state index contributed by atoms with van der Waals surface area (Å²) >= 11 is 0. The molecular weight excluding hydrogens is 392 g/mol. The number of benzene rings is 1. The van der Waals surface area contributed by atoms with Gasteiger partial charge in [-0.1, -0.05) is 38.3 Å². The SMILES string of the molecule is C[C@H]1CCCC[C@H]1NC(=O)COC(=O)c1ccccc1S(=O)(=O)N1CCCCC1. The molecule has 1 N–H and O–H groups in total. The first-order valence-corrected chi connectivity index (χ1v) is 11.9. The number of sulfonamides is 1. The maximum absolute atomic E-state index is 13.0. The highest BCUT2D eigenvalue weighted by Crippen LogP contribution is 2.25. The van der Waals surface area contributed by atoms with Gasteiger partial charge in [-0.3, -0.25) is 4.79 Å². The predicted molar refractivity (Wildman–Crippen MR) is 109 cm³/mol. The molecule has 1 aliphatic carbocycles. The summed E-state index contributed by atoms with van der Waals surface area (Å²) in [6.07, 6.45) is 6.88. The van der Waals surface area contributed by atoms with E-state index in [1.807, 2.05) is 0 Å². The third-order valence-electron chi connectivity index (χ3n) is 5.83. The normalized spacial score (nSPS) is 23.3. The van der Waals surface area contributed by atoms with Crippen LogP contribution in [0.4, 0.5) is 0 Å². The molecule has 2 fully saturated rings. The second-order valence-corrected chi connectivity index (χ2v) is 9.88. The number of nitrogens with zero attached hydrogens (tertiary/aromatic N) is 1. The largest absolute Gasteiger partial charge is 0.452 e. The molecule has 2 atom stereocenters. The molecule has 0 spiro atoms. The maximum Gasteiger partial charge on any atom is 0.340 e. The summed E-state index contributed by atoms with van der Waals surface area (Å²) in [6.45, 7) is 2.60. The Bertz CT molecular complexity index is 833. The zero-order chi connectivity index (χ0) is 20.9. The number of rotatable bonds is 6. The van der Waals surface area contributed by atoms with E-state index in [0.29, 0.717) is 19.0 Å². The van der Waals surface area contributed by atoms with Crippen LogP contribution in [0.25, 0.3) is 0 Å². The van der Waals surface area contributed by atoms with E-state index in [1.54, 1.807) is 12.1 Å². The highest BCUT2D eigenvalue weighted by molar-refractivity contribution is 7.89. The molecule has 0 radical (unpaired) electrons. The lowest BCUT2D eigenvalue weighted by Gasteiger charge is -2.29. The Balaban J connectivity index is 1.64. The summed E-state index contributed by atoms with van der Waals surface area (Å²) < 4.78 is 32.5. The number of ether oxygens (including phenoxy) is 1. The van der Waals surface area contributed by atoms with E-state index < -0.39 is 22.6 Å². The van der Waals surface area contributed by atoms with Crippen LogP contribution in [0.15, 0.2) is 29.2 Å². The first kappa shape index (κ1) is 21.8. The predicted octanol–water partition coefficient (Wildman–Crippen LogP) is 2.71. The summed E-state index contributed by atoms with van der Waals surface area (Å²) in [7, 11) is -3.77. The van der Waals surface area contributed by atoms with Crippen molar-refractivity contribution >= 4 is 21.9 Å². The van der Waals surface area contributed by atoms with Crippen molar-refractivity contribution in [2.45, 2.75) is 62.8 Å². The van der Waals surface area contributed by atoms with Gasteiger partial charge < -0.3 is 10.1 Å². The van der Waals surface area contributed by atoms with Crippen molar-refractivity contribution in [2.24, 2.45) is 5.92 Å². The Labute approximate surface area is 172 Å². The molecule has 8 heteroatoms. The van der Waals surface area contributed by atoms with Crippen LogP contribution >= 0.6 is 0 Å². The minimum atomic E-state index is -3.77. The molecule has 0 aromatic heterocycles. The minimum absolute atomic E-state index is 0.0306. The monoisotopic (exact) mass is 422 g/mol. The van der Waals surface area contributed by atoms with E-state index >= 15 is 0 Å². The highest BCUT2D eigenvalue weighted by Gasteiger charge is 2.30. The Hall–Kier alpha value is -1.93. The maximum atomic E-state index is 13.0. The van der Waals surface area contributed by atoms with Gasteiger partial charge in [0.15, 0.2) is 6.61 Å². The van der Waals surface area contributed by atoms with Gasteiger partial charge in [0.1, 0.15) is 0 Å². The van der Waals surface area contributed by atoms with Crippen LogP contribution in [0.3, 0.4) is 0 Å².